The van der Waals surface area contributed by atoms with E-state index in [9.17, 15) is 9.59 Å². The molecule has 4 nitrogen and oxygen atoms in total. The van der Waals surface area contributed by atoms with Gasteiger partial charge in [-0.25, -0.2) is 0 Å². The molecule has 2 amide bonds. The highest BCUT2D eigenvalue weighted by molar-refractivity contribution is 7.98. The molecule has 1 atom stereocenters. The first-order valence-electron chi connectivity index (χ1n) is 6.20. The highest BCUT2D eigenvalue weighted by Crippen LogP contribution is 2.30. The van der Waals surface area contributed by atoms with E-state index < -0.39 is 0 Å². The monoisotopic (exact) mass is 298 g/mol. The van der Waals surface area contributed by atoms with E-state index >= 15 is 0 Å². The maximum Gasteiger partial charge on any atom is 0.265 e. The standard InChI is InChI=1S/C13H18N2O2S2/c1-14(2)12(16)9-5-4-7-15(9)13(17)11-10(18-3)6-8-19-11/h6,8-9H,4-5,7H2,1-3H3/t9-/m1/s1. The van der Waals surface area contributed by atoms with Gasteiger partial charge in [0.15, 0.2) is 0 Å². The summed E-state index contributed by atoms with van der Waals surface area (Å²) in [5.41, 5.74) is 0. The van der Waals surface area contributed by atoms with E-state index in [-0.39, 0.29) is 17.9 Å². The number of carbonyl (C=O) groups is 2. The third kappa shape index (κ3) is 2.79. The minimum atomic E-state index is -0.292. The summed E-state index contributed by atoms with van der Waals surface area (Å²) in [5, 5.41) is 1.93. The van der Waals surface area contributed by atoms with Crippen molar-refractivity contribution in [3.8, 4) is 0 Å². The Morgan fingerprint density at radius 2 is 2.21 bits per heavy atom. The smallest absolute Gasteiger partial charge is 0.265 e. The van der Waals surface area contributed by atoms with Gasteiger partial charge in [-0.1, -0.05) is 0 Å². The molecule has 0 unspecified atom stereocenters. The van der Waals surface area contributed by atoms with Gasteiger partial charge in [0, 0.05) is 25.5 Å². The minimum Gasteiger partial charge on any atom is -0.347 e. The zero-order valence-electron chi connectivity index (χ0n) is 11.4. The second-order valence-corrected chi connectivity index (χ2v) is 6.47. The number of likely N-dealkylation sites (tertiary alicyclic amines) is 1. The van der Waals surface area contributed by atoms with Gasteiger partial charge in [0.05, 0.1) is 0 Å². The Kier molecular flexibility index (Phi) is 4.52. The van der Waals surface area contributed by atoms with Gasteiger partial charge in [0.2, 0.25) is 5.91 Å². The molecule has 1 saturated heterocycles. The number of thiophene rings is 1. The molecule has 1 aliphatic heterocycles. The first-order chi connectivity index (χ1) is 9.06. The van der Waals surface area contributed by atoms with Gasteiger partial charge in [-0.2, -0.15) is 0 Å². The van der Waals surface area contributed by atoms with Gasteiger partial charge in [0.1, 0.15) is 10.9 Å². The normalized spacial score (nSPS) is 18.7. The van der Waals surface area contributed by atoms with Crippen LogP contribution >= 0.6 is 23.1 Å². The van der Waals surface area contributed by atoms with Gasteiger partial charge in [0.25, 0.3) is 5.91 Å². The van der Waals surface area contributed by atoms with Gasteiger partial charge >= 0.3 is 0 Å². The molecule has 1 fully saturated rings. The topological polar surface area (TPSA) is 40.6 Å². The molecular formula is C13H18N2O2S2. The number of thioether (sulfide) groups is 1. The zero-order valence-corrected chi connectivity index (χ0v) is 13.0. The number of carbonyl (C=O) groups excluding carboxylic acids is 2. The molecule has 104 valence electrons. The fourth-order valence-electron chi connectivity index (χ4n) is 2.31. The third-order valence-corrected chi connectivity index (χ3v) is 5.09. The fraction of sp³-hybridized carbons (Fsp3) is 0.538. The molecule has 1 aromatic rings. The van der Waals surface area contributed by atoms with E-state index in [0.29, 0.717) is 6.54 Å². The summed E-state index contributed by atoms with van der Waals surface area (Å²) < 4.78 is 0. The van der Waals surface area contributed by atoms with E-state index in [1.165, 1.54) is 11.3 Å². The molecule has 1 aliphatic rings. The fourth-order valence-corrected chi connectivity index (χ4v) is 4.01. The number of hydrogen-bond acceptors (Lipinski definition) is 4. The Morgan fingerprint density at radius 1 is 1.47 bits per heavy atom. The summed E-state index contributed by atoms with van der Waals surface area (Å²) in [5.74, 6) is 0.0187. The van der Waals surface area contributed by atoms with Crippen molar-refractivity contribution in [2.75, 3.05) is 26.9 Å². The maximum atomic E-state index is 12.6. The molecule has 0 spiro atoms. The number of nitrogens with zero attached hydrogens (tertiary/aromatic N) is 2. The molecule has 0 radical (unpaired) electrons. The summed E-state index contributed by atoms with van der Waals surface area (Å²) >= 11 is 3.03. The lowest BCUT2D eigenvalue weighted by molar-refractivity contribution is -0.132. The van der Waals surface area contributed by atoms with Crippen molar-refractivity contribution < 1.29 is 9.59 Å². The molecule has 2 heterocycles. The molecule has 0 aliphatic carbocycles. The minimum absolute atomic E-state index is 0.00273. The van der Waals surface area contributed by atoms with Crippen molar-refractivity contribution in [3.05, 3.63) is 16.3 Å². The predicted octanol–water partition coefficient (Wildman–Crippen LogP) is 2.16. The molecule has 2 rings (SSSR count). The Labute approximate surface area is 121 Å². The van der Waals surface area contributed by atoms with Crippen LogP contribution in [0.3, 0.4) is 0 Å². The van der Waals surface area contributed by atoms with Crippen LogP contribution in [0.1, 0.15) is 22.5 Å². The van der Waals surface area contributed by atoms with Crippen LogP contribution in [0.4, 0.5) is 0 Å². The van der Waals surface area contributed by atoms with Crippen LogP contribution in [0.2, 0.25) is 0 Å². The van der Waals surface area contributed by atoms with E-state index in [1.54, 1.807) is 35.7 Å². The number of likely N-dealkylation sites (N-methyl/N-ethyl adjacent to an activating group) is 1. The third-order valence-electron chi connectivity index (χ3n) is 3.28. The van der Waals surface area contributed by atoms with Crippen LogP contribution in [0.25, 0.3) is 0 Å². The molecule has 1 aromatic heterocycles. The van der Waals surface area contributed by atoms with Gasteiger partial charge in [-0.05, 0) is 30.5 Å². The van der Waals surface area contributed by atoms with E-state index in [1.807, 2.05) is 17.7 Å². The number of rotatable bonds is 3. The molecule has 19 heavy (non-hydrogen) atoms. The lowest BCUT2D eigenvalue weighted by Crippen LogP contribution is -2.45. The van der Waals surface area contributed by atoms with Gasteiger partial charge in [-0.15, -0.1) is 23.1 Å². The Balaban J connectivity index is 2.21. The summed E-state index contributed by atoms with van der Waals surface area (Å²) in [6, 6.07) is 1.67. The second-order valence-electron chi connectivity index (χ2n) is 4.71. The zero-order chi connectivity index (χ0) is 14.0. The van der Waals surface area contributed by atoms with Crippen LogP contribution in [0.15, 0.2) is 16.3 Å². The van der Waals surface area contributed by atoms with Crippen LogP contribution in [-0.4, -0.2) is 54.6 Å². The highest BCUT2D eigenvalue weighted by Gasteiger charge is 2.36. The number of amides is 2. The summed E-state index contributed by atoms with van der Waals surface area (Å²) in [6.45, 7) is 0.675. The summed E-state index contributed by atoms with van der Waals surface area (Å²) in [7, 11) is 3.48. The van der Waals surface area contributed by atoms with Crippen molar-refractivity contribution in [2.45, 2.75) is 23.8 Å². The first kappa shape index (κ1) is 14.4. The highest BCUT2D eigenvalue weighted by atomic mass is 32.2. The van der Waals surface area contributed by atoms with Crippen LogP contribution in [0, 0.1) is 0 Å². The Hall–Kier alpha value is -1.01. The van der Waals surface area contributed by atoms with Crippen LogP contribution in [0.5, 0.6) is 0 Å². The Bertz CT molecular complexity index is 485. The van der Waals surface area contributed by atoms with Crippen molar-refractivity contribution in [3.63, 3.8) is 0 Å². The average Bonchev–Trinajstić information content (AvgIpc) is 3.05. The SMILES string of the molecule is CSc1ccsc1C(=O)N1CCC[C@@H]1C(=O)N(C)C. The summed E-state index contributed by atoms with van der Waals surface area (Å²) in [4.78, 5) is 29.7. The predicted molar refractivity (Wildman–Crippen MR) is 78.9 cm³/mol. The molecule has 0 N–H and O–H groups in total. The number of hydrogen-bond donors (Lipinski definition) is 0. The van der Waals surface area contributed by atoms with Crippen LogP contribution in [-0.2, 0) is 4.79 Å². The van der Waals surface area contributed by atoms with Crippen LogP contribution < -0.4 is 0 Å². The van der Waals surface area contributed by atoms with Crippen molar-refractivity contribution >= 4 is 34.9 Å². The van der Waals surface area contributed by atoms with Gasteiger partial charge in [-0.3, -0.25) is 9.59 Å². The van der Waals surface area contributed by atoms with E-state index in [0.717, 1.165) is 22.6 Å². The Morgan fingerprint density at radius 3 is 2.84 bits per heavy atom. The lowest BCUT2D eigenvalue weighted by atomic mass is 10.2. The molecule has 0 aromatic carbocycles. The average molecular weight is 298 g/mol. The molecule has 0 bridgehead atoms. The van der Waals surface area contributed by atoms with E-state index in [2.05, 4.69) is 0 Å². The largest absolute Gasteiger partial charge is 0.347 e. The maximum absolute atomic E-state index is 12.6. The van der Waals surface area contributed by atoms with Crippen molar-refractivity contribution in [1.82, 2.24) is 9.80 Å². The quantitative estimate of drug-likeness (QED) is 0.803. The molecule has 0 saturated carbocycles. The molecule has 6 heteroatoms. The summed E-state index contributed by atoms with van der Waals surface area (Å²) in [6.07, 6.45) is 3.63. The first-order valence-corrected chi connectivity index (χ1v) is 8.30. The van der Waals surface area contributed by atoms with Crippen molar-refractivity contribution in [1.29, 1.82) is 0 Å². The van der Waals surface area contributed by atoms with E-state index in [4.69, 9.17) is 0 Å². The molecular weight excluding hydrogens is 280 g/mol. The van der Waals surface area contributed by atoms with Gasteiger partial charge < -0.3 is 9.80 Å². The lowest BCUT2D eigenvalue weighted by Gasteiger charge is -2.26. The van der Waals surface area contributed by atoms with Crippen molar-refractivity contribution in [2.24, 2.45) is 0 Å². The second kappa shape index (κ2) is 5.96.